The number of likely N-dealkylation sites (tertiary alicyclic amines) is 1. The standard InChI is InChI=1S/C14H17NO3/c16-13(6-5-12-2-1-9-18-12)15-8-7-14(17,10-15)11-3-4-11/h1-2,5-6,9,11,17H,3-4,7-8,10H2/b6-5+. The van der Waals surface area contributed by atoms with Crippen molar-refractivity contribution < 1.29 is 14.3 Å². The summed E-state index contributed by atoms with van der Waals surface area (Å²) < 4.78 is 5.13. The first-order valence-corrected chi connectivity index (χ1v) is 6.40. The Balaban J connectivity index is 1.60. The number of aliphatic hydroxyl groups is 1. The number of β-amino-alcohol motifs (C(OH)–C–C–N with tert-alkyl or cyclic N) is 1. The van der Waals surface area contributed by atoms with Gasteiger partial charge in [-0.3, -0.25) is 4.79 Å². The zero-order valence-electron chi connectivity index (χ0n) is 10.2. The van der Waals surface area contributed by atoms with Gasteiger partial charge >= 0.3 is 0 Å². The van der Waals surface area contributed by atoms with Crippen LogP contribution in [0.5, 0.6) is 0 Å². The van der Waals surface area contributed by atoms with E-state index in [9.17, 15) is 9.90 Å². The topological polar surface area (TPSA) is 53.7 Å². The largest absolute Gasteiger partial charge is 0.465 e. The van der Waals surface area contributed by atoms with Crippen molar-refractivity contribution in [1.29, 1.82) is 0 Å². The second-order valence-electron chi connectivity index (χ2n) is 5.24. The van der Waals surface area contributed by atoms with Gasteiger partial charge in [-0.1, -0.05) is 0 Å². The number of carbonyl (C=O) groups excluding carboxylic acids is 1. The van der Waals surface area contributed by atoms with Gasteiger partial charge in [0.25, 0.3) is 0 Å². The second kappa shape index (κ2) is 4.28. The van der Waals surface area contributed by atoms with E-state index < -0.39 is 5.60 Å². The first kappa shape index (κ1) is 11.5. The molecule has 0 bridgehead atoms. The quantitative estimate of drug-likeness (QED) is 0.827. The molecule has 1 unspecified atom stereocenters. The van der Waals surface area contributed by atoms with Crippen molar-refractivity contribution >= 4 is 12.0 Å². The van der Waals surface area contributed by atoms with Gasteiger partial charge in [0.1, 0.15) is 5.76 Å². The van der Waals surface area contributed by atoms with E-state index >= 15 is 0 Å². The second-order valence-corrected chi connectivity index (χ2v) is 5.24. The maximum absolute atomic E-state index is 12.0. The molecule has 1 aliphatic carbocycles. The van der Waals surface area contributed by atoms with Crippen molar-refractivity contribution in [3.05, 3.63) is 30.2 Å². The normalized spacial score (nSPS) is 28.2. The van der Waals surface area contributed by atoms with Crippen LogP contribution in [0.25, 0.3) is 6.08 Å². The molecule has 4 nitrogen and oxygen atoms in total. The molecule has 0 spiro atoms. The molecule has 0 aromatic carbocycles. The van der Waals surface area contributed by atoms with E-state index in [1.807, 2.05) is 0 Å². The first-order chi connectivity index (χ1) is 8.67. The number of amides is 1. The molecule has 1 aliphatic heterocycles. The van der Waals surface area contributed by atoms with Gasteiger partial charge in [-0.25, -0.2) is 0 Å². The van der Waals surface area contributed by atoms with E-state index in [1.165, 1.54) is 6.08 Å². The summed E-state index contributed by atoms with van der Waals surface area (Å²) in [5.74, 6) is 1.02. The molecule has 0 radical (unpaired) electrons. The molecule has 1 N–H and O–H groups in total. The van der Waals surface area contributed by atoms with Crippen molar-refractivity contribution in [3.8, 4) is 0 Å². The molecule has 96 valence electrons. The number of hydrogen-bond acceptors (Lipinski definition) is 3. The molecule has 1 saturated carbocycles. The molecule has 2 fully saturated rings. The Kier molecular flexibility index (Phi) is 2.74. The summed E-state index contributed by atoms with van der Waals surface area (Å²) in [6, 6.07) is 3.58. The van der Waals surface area contributed by atoms with Crippen LogP contribution in [-0.4, -0.2) is 34.6 Å². The molecule has 1 saturated heterocycles. The minimum Gasteiger partial charge on any atom is -0.465 e. The fraction of sp³-hybridized carbons (Fsp3) is 0.500. The summed E-state index contributed by atoms with van der Waals surface area (Å²) in [4.78, 5) is 13.7. The lowest BCUT2D eigenvalue weighted by Crippen LogP contribution is -2.37. The Hall–Kier alpha value is -1.55. The van der Waals surface area contributed by atoms with Gasteiger partial charge in [-0.15, -0.1) is 0 Å². The predicted molar refractivity (Wildman–Crippen MR) is 66.6 cm³/mol. The summed E-state index contributed by atoms with van der Waals surface area (Å²) in [6.45, 7) is 1.12. The zero-order chi connectivity index (χ0) is 12.6. The maximum Gasteiger partial charge on any atom is 0.246 e. The first-order valence-electron chi connectivity index (χ1n) is 6.40. The van der Waals surface area contributed by atoms with E-state index in [1.54, 1.807) is 29.4 Å². The van der Waals surface area contributed by atoms with Crippen LogP contribution in [0.15, 0.2) is 28.9 Å². The van der Waals surface area contributed by atoms with Crippen LogP contribution in [0, 0.1) is 5.92 Å². The fourth-order valence-corrected chi connectivity index (χ4v) is 2.60. The van der Waals surface area contributed by atoms with Crippen molar-refractivity contribution in [1.82, 2.24) is 4.90 Å². The summed E-state index contributed by atoms with van der Waals surface area (Å²) in [7, 11) is 0. The van der Waals surface area contributed by atoms with Crippen LogP contribution in [0.4, 0.5) is 0 Å². The van der Waals surface area contributed by atoms with E-state index in [-0.39, 0.29) is 5.91 Å². The number of rotatable bonds is 3. The number of hydrogen-bond donors (Lipinski definition) is 1. The highest BCUT2D eigenvalue weighted by molar-refractivity contribution is 5.91. The van der Waals surface area contributed by atoms with E-state index in [0.29, 0.717) is 31.2 Å². The molecule has 1 amide bonds. The molecular formula is C14H17NO3. The third kappa shape index (κ3) is 2.20. The van der Waals surface area contributed by atoms with Crippen molar-refractivity contribution in [3.63, 3.8) is 0 Å². The van der Waals surface area contributed by atoms with Gasteiger partial charge in [0.2, 0.25) is 5.91 Å². The van der Waals surface area contributed by atoms with Crippen LogP contribution in [-0.2, 0) is 4.79 Å². The Morgan fingerprint density at radius 2 is 2.39 bits per heavy atom. The fourth-order valence-electron chi connectivity index (χ4n) is 2.60. The number of carbonyl (C=O) groups is 1. The molecule has 4 heteroatoms. The Bertz CT molecular complexity index is 461. The summed E-state index contributed by atoms with van der Waals surface area (Å²) in [6.07, 6.45) is 7.65. The molecule has 18 heavy (non-hydrogen) atoms. The van der Waals surface area contributed by atoms with Gasteiger partial charge in [-0.05, 0) is 43.4 Å². The zero-order valence-corrected chi connectivity index (χ0v) is 10.2. The molecular weight excluding hydrogens is 230 g/mol. The maximum atomic E-state index is 12.0. The Morgan fingerprint density at radius 3 is 3.06 bits per heavy atom. The monoisotopic (exact) mass is 247 g/mol. The van der Waals surface area contributed by atoms with E-state index in [0.717, 1.165) is 12.8 Å². The van der Waals surface area contributed by atoms with Crippen LogP contribution in [0.2, 0.25) is 0 Å². The average Bonchev–Trinajstić information content (AvgIpc) is 2.96. The van der Waals surface area contributed by atoms with Crippen LogP contribution >= 0.6 is 0 Å². The molecule has 1 atom stereocenters. The third-order valence-corrected chi connectivity index (χ3v) is 3.86. The van der Waals surface area contributed by atoms with Crippen molar-refractivity contribution in [2.24, 2.45) is 5.92 Å². The third-order valence-electron chi connectivity index (χ3n) is 3.86. The molecule has 3 rings (SSSR count). The molecule has 2 aliphatic rings. The number of furan rings is 1. The lowest BCUT2D eigenvalue weighted by atomic mass is 9.97. The molecule has 1 aromatic heterocycles. The van der Waals surface area contributed by atoms with Crippen LogP contribution in [0.3, 0.4) is 0 Å². The lowest BCUT2D eigenvalue weighted by molar-refractivity contribution is -0.126. The predicted octanol–water partition coefficient (Wildman–Crippen LogP) is 1.67. The highest BCUT2D eigenvalue weighted by Crippen LogP contribution is 2.44. The minimum absolute atomic E-state index is 0.0528. The van der Waals surface area contributed by atoms with Crippen molar-refractivity contribution in [2.75, 3.05) is 13.1 Å². The SMILES string of the molecule is O=C(/C=C/c1ccco1)N1CCC(O)(C2CC2)C1. The van der Waals surface area contributed by atoms with Gasteiger partial charge < -0.3 is 14.4 Å². The average molecular weight is 247 g/mol. The highest BCUT2D eigenvalue weighted by Gasteiger charge is 2.48. The van der Waals surface area contributed by atoms with E-state index in [4.69, 9.17) is 4.42 Å². The van der Waals surface area contributed by atoms with Crippen LogP contribution in [0.1, 0.15) is 25.0 Å². The van der Waals surface area contributed by atoms with Gasteiger partial charge in [-0.2, -0.15) is 0 Å². The van der Waals surface area contributed by atoms with Gasteiger partial charge in [0, 0.05) is 12.6 Å². The Labute approximate surface area is 106 Å². The van der Waals surface area contributed by atoms with E-state index in [2.05, 4.69) is 0 Å². The minimum atomic E-state index is -0.631. The van der Waals surface area contributed by atoms with Gasteiger partial charge in [0.15, 0.2) is 0 Å². The van der Waals surface area contributed by atoms with Crippen LogP contribution < -0.4 is 0 Å². The summed E-state index contributed by atoms with van der Waals surface area (Å²) in [5, 5.41) is 10.4. The summed E-state index contributed by atoms with van der Waals surface area (Å²) in [5.41, 5.74) is -0.631. The molecule has 1 aromatic rings. The molecule has 2 heterocycles. The van der Waals surface area contributed by atoms with Gasteiger partial charge in [0.05, 0.1) is 18.4 Å². The van der Waals surface area contributed by atoms with Crippen molar-refractivity contribution in [2.45, 2.75) is 24.9 Å². The number of nitrogens with zero attached hydrogens (tertiary/aromatic N) is 1. The Morgan fingerprint density at radius 1 is 1.56 bits per heavy atom. The summed E-state index contributed by atoms with van der Waals surface area (Å²) >= 11 is 0. The highest BCUT2D eigenvalue weighted by atomic mass is 16.3. The lowest BCUT2D eigenvalue weighted by Gasteiger charge is -2.22. The smallest absolute Gasteiger partial charge is 0.246 e.